The van der Waals surface area contributed by atoms with Gasteiger partial charge in [0.25, 0.3) is 5.91 Å². The average Bonchev–Trinajstić information content (AvgIpc) is 3.38. The second kappa shape index (κ2) is 9.87. The summed E-state index contributed by atoms with van der Waals surface area (Å²) in [6.07, 6.45) is -2.38. The summed E-state index contributed by atoms with van der Waals surface area (Å²) in [4.78, 5) is 35.6. The first-order chi connectivity index (χ1) is 16.0. The van der Waals surface area contributed by atoms with Gasteiger partial charge in [0.1, 0.15) is 31.1 Å². The van der Waals surface area contributed by atoms with Gasteiger partial charge in [0, 0.05) is 13.1 Å². The number of aliphatic hydroxyl groups excluding tert-OH is 2. The molecule has 2 aromatic heterocycles. The Morgan fingerprint density at radius 3 is 2.61 bits per heavy atom. The van der Waals surface area contributed by atoms with Crippen molar-refractivity contribution in [2.45, 2.75) is 37.5 Å². The Bertz CT molecular complexity index is 1120. The molecule has 0 spiro atoms. The zero-order valence-electron chi connectivity index (χ0n) is 17.3. The van der Waals surface area contributed by atoms with Crippen LogP contribution < -0.4 is 16.1 Å². The third-order valence-corrected chi connectivity index (χ3v) is 5.22. The molecule has 13 nitrogen and oxygen atoms in total. The van der Waals surface area contributed by atoms with Crippen molar-refractivity contribution in [2.24, 2.45) is 0 Å². The van der Waals surface area contributed by atoms with Crippen LogP contribution in [0, 0.1) is 0 Å². The van der Waals surface area contributed by atoms with Crippen LogP contribution in [0.1, 0.15) is 18.2 Å². The highest BCUT2D eigenvalue weighted by Crippen LogP contribution is 2.32. The molecule has 0 saturated carbocycles. The zero-order valence-corrected chi connectivity index (χ0v) is 17.3. The Labute approximate surface area is 187 Å². The molecule has 0 radical (unpaired) electrons. The lowest BCUT2D eigenvalue weighted by atomic mass is 10.1. The van der Waals surface area contributed by atoms with Crippen molar-refractivity contribution >= 4 is 28.8 Å². The molecule has 4 atom stereocenters. The van der Waals surface area contributed by atoms with Gasteiger partial charge in [-0.05, 0) is 5.56 Å². The summed E-state index contributed by atoms with van der Waals surface area (Å²) < 4.78 is 7.25. The van der Waals surface area contributed by atoms with Crippen LogP contribution in [0.3, 0.4) is 0 Å². The van der Waals surface area contributed by atoms with E-state index >= 15 is 0 Å². The van der Waals surface area contributed by atoms with Gasteiger partial charge in [-0.25, -0.2) is 20.4 Å². The van der Waals surface area contributed by atoms with E-state index in [1.807, 2.05) is 30.3 Å². The lowest BCUT2D eigenvalue weighted by Crippen LogP contribution is -2.40. The maximum Gasteiger partial charge on any atom is 0.252 e. The van der Waals surface area contributed by atoms with Gasteiger partial charge in [-0.3, -0.25) is 19.4 Å². The van der Waals surface area contributed by atoms with Crippen LogP contribution in [0.5, 0.6) is 0 Å². The largest absolute Gasteiger partial charge is 0.387 e. The van der Waals surface area contributed by atoms with Gasteiger partial charge in [0.2, 0.25) is 5.91 Å². The first kappa shape index (κ1) is 22.5. The van der Waals surface area contributed by atoms with Gasteiger partial charge in [-0.1, -0.05) is 30.3 Å². The topological polar surface area (TPSA) is 184 Å². The normalized spacial score (nSPS) is 22.3. The average molecular weight is 457 g/mol. The molecule has 13 heteroatoms. The number of carbonyl (C=O) groups excluding carboxylic acids is 2. The number of ether oxygens (including phenoxy) is 1. The molecule has 1 saturated heterocycles. The van der Waals surface area contributed by atoms with E-state index in [0.29, 0.717) is 23.5 Å². The van der Waals surface area contributed by atoms with Crippen LogP contribution in [0.15, 0.2) is 43.0 Å². The number of hydrogen-bond acceptors (Lipinski definition) is 10. The molecule has 1 fully saturated rings. The number of benzene rings is 1. The lowest BCUT2D eigenvalue weighted by molar-refractivity contribution is -0.134. The summed E-state index contributed by atoms with van der Waals surface area (Å²) in [6.45, 7) is 0.370. The molecule has 6 N–H and O–H groups in total. The number of nitrogens with zero attached hydrogens (tertiary/aromatic N) is 4. The molecule has 0 unspecified atom stereocenters. The number of fused-ring (bicyclic) bond motifs is 1. The van der Waals surface area contributed by atoms with Crippen LogP contribution in [0.2, 0.25) is 0 Å². The highest BCUT2D eigenvalue weighted by molar-refractivity contribution is 5.96. The van der Waals surface area contributed by atoms with E-state index < -0.39 is 42.8 Å². The minimum Gasteiger partial charge on any atom is -0.387 e. The SMILES string of the molecule is O=C(CC(=O)NC[C@H]1O[C@@H](n2cnc3c(NCc4ccccc4)ncnc32)[C@H](O)[C@@H]1O)NO. The molecule has 1 aliphatic rings. The van der Waals surface area contributed by atoms with E-state index in [2.05, 4.69) is 25.6 Å². The van der Waals surface area contributed by atoms with Gasteiger partial charge in [0.05, 0.1) is 6.33 Å². The smallest absolute Gasteiger partial charge is 0.252 e. The predicted octanol–water partition coefficient (Wildman–Crippen LogP) is -0.931. The van der Waals surface area contributed by atoms with Gasteiger partial charge in [0.15, 0.2) is 23.2 Å². The molecule has 0 bridgehead atoms. The van der Waals surface area contributed by atoms with E-state index in [0.717, 1.165) is 5.56 Å². The fraction of sp³-hybridized carbons (Fsp3) is 0.350. The van der Waals surface area contributed by atoms with E-state index in [1.54, 1.807) is 0 Å². The summed E-state index contributed by atoms with van der Waals surface area (Å²) in [6, 6.07) is 9.75. The summed E-state index contributed by atoms with van der Waals surface area (Å²) in [5.74, 6) is -1.05. The Kier molecular flexibility index (Phi) is 6.74. The Morgan fingerprint density at radius 2 is 1.85 bits per heavy atom. The van der Waals surface area contributed by atoms with Gasteiger partial charge in [-0.15, -0.1) is 0 Å². The molecule has 33 heavy (non-hydrogen) atoms. The van der Waals surface area contributed by atoms with Crippen molar-refractivity contribution in [2.75, 3.05) is 11.9 Å². The lowest BCUT2D eigenvalue weighted by Gasteiger charge is -2.16. The van der Waals surface area contributed by atoms with E-state index in [-0.39, 0.29) is 6.54 Å². The van der Waals surface area contributed by atoms with Crippen molar-refractivity contribution in [3.8, 4) is 0 Å². The van der Waals surface area contributed by atoms with E-state index in [9.17, 15) is 19.8 Å². The van der Waals surface area contributed by atoms with Gasteiger partial charge >= 0.3 is 0 Å². The second-order valence-corrected chi connectivity index (χ2v) is 7.45. The third-order valence-electron chi connectivity index (χ3n) is 5.22. The van der Waals surface area contributed by atoms with Crippen LogP contribution in [-0.2, 0) is 20.9 Å². The zero-order chi connectivity index (χ0) is 23.4. The molecular formula is C20H23N7O6. The van der Waals surface area contributed by atoms with Crippen molar-refractivity contribution in [3.63, 3.8) is 0 Å². The van der Waals surface area contributed by atoms with Crippen molar-refractivity contribution in [3.05, 3.63) is 48.5 Å². The molecule has 1 aromatic carbocycles. The van der Waals surface area contributed by atoms with Crippen LogP contribution in [0.25, 0.3) is 11.2 Å². The minimum absolute atomic E-state index is 0.155. The summed E-state index contributed by atoms with van der Waals surface area (Å²) in [7, 11) is 0. The number of hydrogen-bond donors (Lipinski definition) is 6. The maximum absolute atomic E-state index is 11.7. The fourth-order valence-corrected chi connectivity index (χ4v) is 3.54. The molecule has 3 aromatic rings. The number of nitrogens with one attached hydrogen (secondary N) is 3. The number of imidazole rings is 1. The van der Waals surface area contributed by atoms with Crippen LogP contribution in [-0.4, -0.2) is 71.6 Å². The molecule has 1 aliphatic heterocycles. The predicted molar refractivity (Wildman–Crippen MR) is 113 cm³/mol. The van der Waals surface area contributed by atoms with Crippen molar-refractivity contribution < 1.29 is 29.7 Å². The summed E-state index contributed by atoms with van der Waals surface area (Å²) in [5, 5.41) is 35.0. The first-order valence-electron chi connectivity index (χ1n) is 10.1. The summed E-state index contributed by atoms with van der Waals surface area (Å²) in [5.41, 5.74) is 3.27. The second-order valence-electron chi connectivity index (χ2n) is 7.45. The van der Waals surface area contributed by atoms with E-state index in [4.69, 9.17) is 9.94 Å². The quantitative estimate of drug-likeness (QED) is 0.140. The Hall–Kier alpha value is -3.65. The minimum atomic E-state index is -1.32. The first-order valence-corrected chi connectivity index (χ1v) is 10.1. The highest BCUT2D eigenvalue weighted by Gasteiger charge is 2.44. The van der Waals surface area contributed by atoms with Crippen LogP contribution in [0.4, 0.5) is 5.82 Å². The number of rotatable bonds is 8. The molecule has 174 valence electrons. The molecule has 4 rings (SSSR count). The highest BCUT2D eigenvalue weighted by atomic mass is 16.6. The number of carbonyl (C=O) groups is 2. The van der Waals surface area contributed by atoms with Crippen molar-refractivity contribution in [1.29, 1.82) is 0 Å². The number of anilines is 1. The molecule has 2 amide bonds. The van der Waals surface area contributed by atoms with Crippen molar-refractivity contribution in [1.82, 2.24) is 30.3 Å². The molecule has 3 heterocycles. The van der Waals surface area contributed by atoms with Crippen LogP contribution >= 0.6 is 0 Å². The maximum atomic E-state index is 11.7. The number of amides is 2. The Balaban J connectivity index is 1.46. The number of aromatic nitrogens is 4. The Morgan fingerprint density at radius 1 is 1.06 bits per heavy atom. The molecular weight excluding hydrogens is 434 g/mol. The number of aliphatic hydroxyl groups is 2. The third kappa shape index (κ3) is 4.90. The monoisotopic (exact) mass is 457 g/mol. The van der Waals surface area contributed by atoms with E-state index in [1.165, 1.54) is 22.7 Å². The summed E-state index contributed by atoms with van der Waals surface area (Å²) >= 11 is 0. The van der Waals surface area contributed by atoms with Gasteiger partial charge < -0.3 is 25.6 Å². The van der Waals surface area contributed by atoms with Gasteiger partial charge in [-0.2, -0.15) is 0 Å². The standard InChI is InChI=1S/C20H23N7O6/c28-13(6-14(29)26-32)21-8-12-16(30)17(31)20(33-12)27-10-25-15-18(23-9-24-19(15)27)22-7-11-4-2-1-3-5-11/h1-5,9-10,12,16-17,20,30-32H,6-8H2,(H,21,28)(H,26,29)(H,22,23,24)/t12-,16-,17-,20-/m1/s1. The molecule has 0 aliphatic carbocycles. The fourth-order valence-electron chi connectivity index (χ4n) is 3.54. The number of hydroxylamine groups is 1.